The van der Waals surface area contributed by atoms with Crippen LogP contribution in [0.3, 0.4) is 0 Å². The predicted molar refractivity (Wildman–Crippen MR) is 108 cm³/mol. The summed E-state index contributed by atoms with van der Waals surface area (Å²) < 4.78 is 0. The molecule has 0 heterocycles. The van der Waals surface area contributed by atoms with Crippen LogP contribution in [0.15, 0.2) is 121 Å². The molecule has 3 aromatic carbocycles. The van der Waals surface area contributed by atoms with E-state index in [0.717, 1.165) is 0 Å². The zero-order valence-electron chi connectivity index (χ0n) is 14.4. The number of fused-ring (bicyclic) bond motifs is 3. The molecule has 0 bridgehead atoms. The molecular formula is C26H18. The van der Waals surface area contributed by atoms with Crippen molar-refractivity contribution in [2.24, 2.45) is 0 Å². The highest BCUT2D eigenvalue weighted by Crippen LogP contribution is 2.56. The van der Waals surface area contributed by atoms with Crippen LogP contribution < -0.4 is 0 Å². The summed E-state index contributed by atoms with van der Waals surface area (Å²) in [7, 11) is 0. The predicted octanol–water partition coefficient (Wildman–Crippen LogP) is 6.21. The van der Waals surface area contributed by atoms with Crippen LogP contribution in [0.5, 0.6) is 0 Å². The van der Waals surface area contributed by atoms with Crippen molar-refractivity contribution in [3.05, 3.63) is 137 Å². The van der Waals surface area contributed by atoms with Gasteiger partial charge < -0.3 is 0 Å². The third-order valence-corrected chi connectivity index (χ3v) is 5.41. The maximum Gasteiger partial charge on any atom is 0.0719 e. The largest absolute Gasteiger partial charge is 0.120 e. The monoisotopic (exact) mass is 330 g/mol. The van der Waals surface area contributed by atoms with Crippen LogP contribution in [0.4, 0.5) is 0 Å². The first-order valence-electron chi connectivity index (χ1n) is 8.97. The molecule has 2 aliphatic carbocycles. The summed E-state index contributed by atoms with van der Waals surface area (Å²) >= 11 is 0. The van der Waals surface area contributed by atoms with Gasteiger partial charge in [-0.25, -0.2) is 0 Å². The highest BCUT2D eigenvalue weighted by molar-refractivity contribution is 5.86. The van der Waals surface area contributed by atoms with E-state index in [0.29, 0.717) is 0 Å². The molecule has 2 aliphatic rings. The van der Waals surface area contributed by atoms with Crippen LogP contribution in [0.1, 0.15) is 16.7 Å². The quantitative estimate of drug-likeness (QED) is 0.490. The van der Waals surface area contributed by atoms with Gasteiger partial charge in [-0.3, -0.25) is 0 Å². The zero-order chi connectivity index (χ0) is 17.4. The van der Waals surface area contributed by atoms with Gasteiger partial charge in [0.15, 0.2) is 0 Å². The molecular weight excluding hydrogens is 312 g/mol. The first kappa shape index (κ1) is 15.0. The van der Waals surface area contributed by atoms with Crippen molar-refractivity contribution in [3.63, 3.8) is 0 Å². The van der Waals surface area contributed by atoms with Crippen LogP contribution in [0, 0.1) is 0 Å². The molecule has 0 radical (unpaired) electrons. The molecule has 0 saturated carbocycles. The molecule has 0 N–H and O–H groups in total. The Morgan fingerprint density at radius 2 is 1.23 bits per heavy atom. The minimum atomic E-state index is -0.316. The molecule has 0 amide bonds. The molecule has 122 valence electrons. The summed E-state index contributed by atoms with van der Waals surface area (Å²) in [6.07, 6.45) is 10.5. The Bertz CT molecular complexity index is 1060. The van der Waals surface area contributed by atoms with Crippen molar-refractivity contribution in [1.29, 1.82) is 0 Å². The standard InChI is InChI=1S/C26H18/c1-2-5-13-20(12-4-1)26(21-14-6-3-7-15-21)24-18-10-8-16-22(24)23-17-9-11-19-25(23)26/h1-4,6-19H. The van der Waals surface area contributed by atoms with E-state index in [-0.39, 0.29) is 5.41 Å². The molecule has 0 aliphatic heterocycles. The van der Waals surface area contributed by atoms with Gasteiger partial charge in [0, 0.05) is 0 Å². The third-order valence-electron chi connectivity index (χ3n) is 5.41. The van der Waals surface area contributed by atoms with Crippen molar-refractivity contribution < 1.29 is 0 Å². The van der Waals surface area contributed by atoms with E-state index in [4.69, 9.17) is 0 Å². The second kappa shape index (κ2) is 5.88. The van der Waals surface area contributed by atoms with Gasteiger partial charge >= 0.3 is 0 Å². The van der Waals surface area contributed by atoms with Crippen LogP contribution in [0.2, 0.25) is 0 Å². The SMILES string of the molecule is C1=CC=CC=C(C2(c3ccccc3)c3ccccc3-c3ccccc32)C=1. The van der Waals surface area contributed by atoms with Crippen molar-refractivity contribution in [2.75, 3.05) is 0 Å². The highest BCUT2D eigenvalue weighted by atomic mass is 14.5. The molecule has 0 atom stereocenters. The summed E-state index contributed by atoms with van der Waals surface area (Å²) in [6.45, 7) is 0. The number of hydrogen-bond acceptors (Lipinski definition) is 0. The summed E-state index contributed by atoms with van der Waals surface area (Å²) in [5.74, 6) is 0. The fourth-order valence-corrected chi connectivity index (χ4v) is 4.40. The molecule has 0 saturated heterocycles. The zero-order valence-corrected chi connectivity index (χ0v) is 14.4. The molecule has 0 unspecified atom stereocenters. The molecule has 0 nitrogen and oxygen atoms in total. The van der Waals surface area contributed by atoms with Gasteiger partial charge in [-0.2, -0.15) is 0 Å². The van der Waals surface area contributed by atoms with Gasteiger partial charge in [-0.15, -0.1) is 5.73 Å². The lowest BCUT2D eigenvalue weighted by Gasteiger charge is -2.34. The van der Waals surface area contributed by atoms with Gasteiger partial charge in [-0.1, -0.05) is 97.1 Å². The second-order valence-electron chi connectivity index (χ2n) is 6.69. The summed E-state index contributed by atoms with van der Waals surface area (Å²) in [6, 6.07) is 28.4. The second-order valence-corrected chi connectivity index (χ2v) is 6.69. The first-order chi connectivity index (χ1) is 12.9. The van der Waals surface area contributed by atoms with Crippen molar-refractivity contribution >= 4 is 0 Å². The minimum Gasteiger partial charge on any atom is -0.120 e. The van der Waals surface area contributed by atoms with Crippen LogP contribution >= 0.6 is 0 Å². The Morgan fingerprint density at radius 1 is 0.615 bits per heavy atom. The Hall–Kier alpha value is -3.34. The van der Waals surface area contributed by atoms with Crippen molar-refractivity contribution in [3.8, 4) is 11.1 Å². The lowest BCUT2D eigenvalue weighted by Crippen LogP contribution is -2.28. The van der Waals surface area contributed by atoms with E-state index >= 15 is 0 Å². The number of hydrogen-bond donors (Lipinski definition) is 0. The first-order valence-corrected chi connectivity index (χ1v) is 8.97. The number of benzene rings is 3. The summed E-state index contributed by atoms with van der Waals surface area (Å²) in [4.78, 5) is 0. The fourth-order valence-electron chi connectivity index (χ4n) is 4.40. The molecule has 26 heavy (non-hydrogen) atoms. The van der Waals surface area contributed by atoms with E-state index in [1.807, 2.05) is 12.2 Å². The van der Waals surface area contributed by atoms with E-state index in [1.54, 1.807) is 0 Å². The normalized spacial score (nSPS) is 15.9. The average molecular weight is 330 g/mol. The molecule has 0 fully saturated rings. The third kappa shape index (κ3) is 1.97. The van der Waals surface area contributed by atoms with Crippen molar-refractivity contribution in [2.45, 2.75) is 5.41 Å². The van der Waals surface area contributed by atoms with Gasteiger partial charge in [0.1, 0.15) is 0 Å². The summed E-state index contributed by atoms with van der Waals surface area (Å²) in [5, 5.41) is 0. The molecule has 0 spiro atoms. The molecule has 0 aromatic heterocycles. The Labute approximate surface area is 154 Å². The van der Waals surface area contributed by atoms with Gasteiger partial charge in [0.2, 0.25) is 0 Å². The Kier molecular flexibility index (Phi) is 3.38. The average Bonchev–Trinajstić information content (AvgIpc) is 2.84. The molecule has 3 aromatic rings. The lowest BCUT2D eigenvalue weighted by atomic mass is 9.67. The maximum atomic E-state index is 3.33. The number of rotatable bonds is 2. The van der Waals surface area contributed by atoms with Crippen molar-refractivity contribution in [1.82, 2.24) is 0 Å². The van der Waals surface area contributed by atoms with Crippen LogP contribution in [0.25, 0.3) is 11.1 Å². The van der Waals surface area contributed by atoms with E-state index in [1.165, 1.54) is 33.4 Å². The van der Waals surface area contributed by atoms with E-state index in [2.05, 4.69) is 103 Å². The Morgan fingerprint density at radius 3 is 1.92 bits per heavy atom. The van der Waals surface area contributed by atoms with Crippen LogP contribution in [-0.4, -0.2) is 0 Å². The van der Waals surface area contributed by atoms with Crippen LogP contribution in [-0.2, 0) is 5.41 Å². The highest BCUT2D eigenvalue weighted by Gasteiger charge is 2.46. The molecule has 5 rings (SSSR count). The number of allylic oxidation sites excluding steroid dienone is 5. The maximum absolute atomic E-state index is 3.33. The Balaban J connectivity index is 1.97. The van der Waals surface area contributed by atoms with Gasteiger partial charge in [0.05, 0.1) is 5.41 Å². The van der Waals surface area contributed by atoms with Gasteiger partial charge in [-0.05, 0) is 45.5 Å². The minimum absolute atomic E-state index is 0.316. The molecule has 0 heteroatoms. The summed E-state index contributed by atoms with van der Waals surface area (Å²) in [5.41, 5.74) is 10.9. The fraction of sp³-hybridized carbons (Fsp3) is 0.0385. The topological polar surface area (TPSA) is 0 Å². The van der Waals surface area contributed by atoms with E-state index < -0.39 is 0 Å². The smallest absolute Gasteiger partial charge is 0.0719 e. The van der Waals surface area contributed by atoms with E-state index in [9.17, 15) is 0 Å². The lowest BCUT2D eigenvalue weighted by molar-refractivity contribution is 0.767. The van der Waals surface area contributed by atoms with Gasteiger partial charge in [0.25, 0.3) is 0 Å².